The first-order valence-electron chi connectivity index (χ1n) is 7.00. The highest BCUT2D eigenvalue weighted by atomic mass is 32.2. The Hall–Kier alpha value is -2.42. The molecule has 0 heterocycles. The summed E-state index contributed by atoms with van der Waals surface area (Å²) in [5.74, 6) is -1.81. The Kier molecular flexibility index (Phi) is 6.90. The van der Waals surface area contributed by atoms with Gasteiger partial charge in [0.25, 0.3) is 5.91 Å². The minimum Gasteiger partial charge on any atom is -0.452 e. The molecule has 0 aliphatic rings. The van der Waals surface area contributed by atoms with E-state index in [1.54, 1.807) is 6.07 Å². The highest BCUT2D eigenvalue weighted by Crippen LogP contribution is 2.10. The summed E-state index contributed by atoms with van der Waals surface area (Å²) >= 11 is 0. The van der Waals surface area contributed by atoms with Crippen LogP contribution in [0.2, 0.25) is 0 Å². The van der Waals surface area contributed by atoms with E-state index in [0.717, 1.165) is 11.2 Å². The number of benzene rings is 1. The van der Waals surface area contributed by atoms with E-state index in [1.165, 1.54) is 32.3 Å². The van der Waals surface area contributed by atoms with Gasteiger partial charge in [0, 0.05) is 20.4 Å². The van der Waals surface area contributed by atoms with Crippen LogP contribution in [0.15, 0.2) is 24.3 Å². The number of amides is 2. The molecule has 0 saturated heterocycles. The minimum atomic E-state index is -3.22. The second-order valence-electron chi connectivity index (χ2n) is 5.27. The first-order chi connectivity index (χ1) is 11.1. The molecule has 0 atom stereocenters. The number of nitrogens with zero attached hydrogens (tertiary/aromatic N) is 1. The Morgan fingerprint density at radius 2 is 1.92 bits per heavy atom. The summed E-state index contributed by atoms with van der Waals surface area (Å²) in [6, 6.07) is 5.99. The summed E-state index contributed by atoms with van der Waals surface area (Å²) in [7, 11) is -0.358. The van der Waals surface area contributed by atoms with Crippen molar-refractivity contribution in [2.45, 2.75) is 5.75 Å². The monoisotopic (exact) mass is 356 g/mol. The van der Waals surface area contributed by atoms with Crippen LogP contribution in [0.4, 0.5) is 0 Å². The third kappa shape index (κ3) is 6.78. The maximum Gasteiger partial charge on any atom is 0.338 e. The average molecular weight is 356 g/mol. The lowest BCUT2D eigenvalue weighted by Crippen LogP contribution is -2.39. The van der Waals surface area contributed by atoms with Crippen LogP contribution < -0.4 is 5.32 Å². The van der Waals surface area contributed by atoms with Crippen LogP contribution in [0.1, 0.15) is 15.9 Å². The van der Waals surface area contributed by atoms with E-state index in [4.69, 9.17) is 4.74 Å². The molecular weight excluding hydrogens is 336 g/mol. The van der Waals surface area contributed by atoms with Crippen molar-refractivity contribution in [1.29, 1.82) is 0 Å². The summed E-state index contributed by atoms with van der Waals surface area (Å²) in [6.45, 7) is -0.653. The minimum absolute atomic E-state index is 0.142. The van der Waals surface area contributed by atoms with E-state index in [0.29, 0.717) is 5.56 Å². The Bertz CT molecular complexity index is 729. The van der Waals surface area contributed by atoms with Gasteiger partial charge < -0.3 is 15.0 Å². The third-order valence-electron chi connectivity index (χ3n) is 3.00. The van der Waals surface area contributed by atoms with Crippen molar-refractivity contribution in [2.24, 2.45) is 0 Å². The van der Waals surface area contributed by atoms with Crippen LogP contribution in [0.25, 0.3) is 0 Å². The van der Waals surface area contributed by atoms with Crippen LogP contribution >= 0.6 is 0 Å². The number of hydrogen-bond acceptors (Lipinski definition) is 6. The fourth-order valence-corrected chi connectivity index (χ4v) is 2.58. The average Bonchev–Trinajstić information content (AvgIpc) is 2.50. The van der Waals surface area contributed by atoms with Crippen LogP contribution in [-0.2, 0) is 29.9 Å². The molecule has 1 aromatic rings. The van der Waals surface area contributed by atoms with Crippen molar-refractivity contribution in [2.75, 3.05) is 33.5 Å². The molecule has 0 aliphatic carbocycles. The van der Waals surface area contributed by atoms with E-state index < -0.39 is 28.3 Å². The summed E-state index contributed by atoms with van der Waals surface area (Å²) in [5, 5.41) is 2.38. The summed E-state index contributed by atoms with van der Waals surface area (Å²) < 4.78 is 27.5. The molecule has 8 nitrogen and oxygen atoms in total. The molecule has 0 saturated carbocycles. The van der Waals surface area contributed by atoms with Gasteiger partial charge in [-0.2, -0.15) is 0 Å². The van der Waals surface area contributed by atoms with Crippen LogP contribution in [0.3, 0.4) is 0 Å². The molecule has 0 aliphatic heterocycles. The summed E-state index contributed by atoms with van der Waals surface area (Å²) in [4.78, 5) is 36.0. The number of carbonyl (C=O) groups is 3. The smallest absolute Gasteiger partial charge is 0.338 e. The summed E-state index contributed by atoms with van der Waals surface area (Å²) in [6.07, 6.45) is 1.10. The Balaban J connectivity index is 2.64. The van der Waals surface area contributed by atoms with Gasteiger partial charge in [-0.25, -0.2) is 13.2 Å². The van der Waals surface area contributed by atoms with Crippen molar-refractivity contribution < 1.29 is 27.5 Å². The topological polar surface area (TPSA) is 110 Å². The highest BCUT2D eigenvalue weighted by Gasteiger charge is 2.16. The van der Waals surface area contributed by atoms with Crippen molar-refractivity contribution in [3.63, 3.8) is 0 Å². The Morgan fingerprint density at radius 1 is 1.25 bits per heavy atom. The normalized spacial score (nSPS) is 10.8. The Morgan fingerprint density at radius 3 is 2.50 bits per heavy atom. The van der Waals surface area contributed by atoms with Gasteiger partial charge in [0.05, 0.1) is 17.9 Å². The van der Waals surface area contributed by atoms with E-state index >= 15 is 0 Å². The van der Waals surface area contributed by atoms with Crippen molar-refractivity contribution in [3.8, 4) is 0 Å². The van der Waals surface area contributed by atoms with Gasteiger partial charge >= 0.3 is 5.97 Å². The van der Waals surface area contributed by atoms with E-state index in [-0.39, 0.29) is 23.8 Å². The van der Waals surface area contributed by atoms with Crippen molar-refractivity contribution in [3.05, 3.63) is 35.4 Å². The first-order valence-corrected chi connectivity index (χ1v) is 9.07. The fourth-order valence-electron chi connectivity index (χ4n) is 1.79. The van der Waals surface area contributed by atoms with E-state index in [1.807, 2.05) is 0 Å². The molecule has 1 N–H and O–H groups in total. The van der Waals surface area contributed by atoms with E-state index in [2.05, 4.69) is 5.32 Å². The third-order valence-corrected chi connectivity index (χ3v) is 3.86. The lowest BCUT2D eigenvalue weighted by molar-refractivity contribution is -0.137. The Labute approximate surface area is 140 Å². The van der Waals surface area contributed by atoms with E-state index in [9.17, 15) is 22.8 Å². The van der Waals surface area contributed by atoms with Gasteiger partial charge in [-0.3, -0.25) is 9.59 Å². The summed E-state index contributed by atoms with van der Waals surface area (Å²) in [5.41, 5.74) is 0.605. The molecule has 0 spiro atoms. The highest BCUT2D eigenvalue weighted by molar-refractivity contribution is 7.89. The number of rotatable bonds is 7. The van der Waals surface area contributed by atoms with Gasteiger partial charge in [-0.1, -0.05) is 12.1 Å². The number of hydrogen-bond donors (Lipinski definition) is 1. The van der Waals surface area contributed by atoms with Crippen LogP contribution in [-0.4, -0.2) is 64.6 Å². The standard InChI is InChI=1S/C15H20N2O6S/c1-16-13(18)8-17(2)14(19)9-23-15(20)12-6-4-5-11(7-12)10-24(3,21)22/h4-7H,8-10H2,1-3H3,(H,16,18). The van der Waals surface area contributed by atoms with Crippen molar-refractivity contribution >= 4 is 27.6 Å². The molecule has 2 amide bonds. The quantitative estimate of drug-likeness (QED) is 0.665. The predicted octanol–water partition coefficient (Wildman–Crippen LogP) is -0.408. The molecule has 132 valence electrons. The van der Waals surface area contributed by atoms with Crippen LogP contribution in [0.5, 0.6) is 0 Å². The molecular formula is C15H20N2O6S. The molecule has 9 heteroatoms. The zero-order valence-electron chi connectivity index (χ0n) is 13.7. The molecule has 0 aromatic heterocycles. The van der Waals surface area contributed by atoms with Crippen molar-refractivity contribution in [1.82, 2.24) is 10.2 Å². The number of esters is 1. The number of sulfone groups is 1. The lowest BCUT2D eigenvalue weighted by atomic mass is 10.1. The lowest BCUT2D eigenvalue weighted by Gasteiger charge is -2.16. The first kappa shape index (κ1) is 19.6. The number of ether oxygens (including phenoxy) is 1. The number of carbonyl (C=O) groups excluding carboxylic acids is 3. The SMILES string of the molecule is CNC(=O)CN(C)C(=O)COC(=O)c1cccc(CS(C)(=O)=O)c1. The number of nitrogens with one attached hydrogen (secondary N) is 1. The van der Waals surface area contributed by atoms with Crippen LogP contribution in [0, 0.1) is 0 Å². The molecule has 0 unspecified atom stereocenters. The largest absolute Gasteiger partial charge is 0.452 e. The maximum atomic E-state index is 11.9. The second kappa shape index (κ2) is 8.44. The molecule has 0 fully saturated rings. The number of likely N-dealkylation sites (N-methyl/N-ethyl adjacent to an activating group) is 2. The maximum absolute atomic E-state index is 11.9. The van der Waals surface area contributed by atoms with Gasteiger partial charge in [-0.15, -0.1) is 0 Å². The molecule has 24 heavy (non-hydrogen) atoms. The zero-order valence-corrected chi connectivity index (χ0v) is 14.6. The molecule has 0 radical (unpaired) electrons. The molecule has 1 rings (SSSR count). The van der Waals surface area contributed by atoms with Gasteiger partial charge in [0.2, 0.25) is 5.91 Å². The second-order valence-corrected chi connectivity index (χ2v) is 7.41. The molecule has 1 aromatic carbocycles. The fraction of sp³-hybridized carbons (Fsp3) is 0.400. The molecule has 0 bridgehead atoms. The predicted molar refractivity (Wildman–Crippen MR) is 87.0 cm³/mol. The zero-order chi connectivity index (χ0) is 18.3. The van der Waals surface area contributed by atoms with Gasteiger partial charge in [0.1, 0.15) is 0 Å². The van der Waals surface area contributed by atoms with Gasteiger partial charge in [0.15, 0.2) is 16.4 Å². The van der Waals surface area contributed by atoms with Gasteiger partial charge in [-0.05, 0) is 17.7 Å².